The lowest BCUT2D eigenvalue weighted by Gasteiger charge is -2.10. The molecule has 0 spiro atoms. The van der Waals surface area contributed by atoms with Gasteiger partial charge in [-0.3, -0.25) is 14.4 Å². The molecule has 7 nitrogen and oxygen atoms in total. The van der Waals surface area contributed by atoms with Crippen LogP contribution in [-0.2, 0) is 16.0 Å². The van der Waals surface area contributed by atoms with Crippen molar-refractivity contribution in [3.05, 3.63) is 52.4 Å². The van der Waals surface area contributed by atoms with Crippen LogP contribution < -0.4 is 16.2 Å². The molecular formula is C16H18N4O3S. The van der Waals surface area contributed by atoms with Crippen molar-refractivity contribution in [1.82, 2.24) is 15.3 Å². The van der Waals surface area contributed by atoms with Crippen molar-refractivity contribution in [1.29, 1.82) is 0 Å². The third kappa shape index (κ3) is 5.54. The predicted octanol–water partition coefficient (Wildman–Crippen LogP) is 1.18. The lowest BCUT2D eigenvalue weighted by Crippen LogP contribution is -2.34. The van der Waals surface area contributed by atoms with E-state index in [1.54, 1.807) is 0 Å². The maximum absolute atomic E-state index is 11.9. The molecule has 1 heterocycles. The fourth-order valence-electron chi connectivity index (χ4n) is 1.93. The molecule has 0 aliphatic rings. The summed E-state index contributed by atoms with van der Waals surface area (Å²) >= 11 is 1.09. The molecule has 2 aromatic rings. The van der Waals surface area contributed by atoms with Crippen LogP contribution in [-0.4, -0.2) is 34.1 Å². The van der Waals surface area contributed by atoms with E-state index in [1.165, 1.54) is 12.3 Å². The van der Waals surface area contributed by atoms with E-state index in [0.717, 1.165) is 29.4 Å². The summed E-state index contributed by atoms with van der Waals surface area (Å²) in [7, 11) is 0. The van der Waals surface area contributed by atoms with Crippen LogP contribution in [0.4, 0.5) is 5.69 Å². The number of hydrogen-bond donors (Lipinski definition) is 3. The fraction of sp³-hybridized carbons (Fsp3) is 0.250. The van der Waals surface area contributed by atoms with Gasteiger partial charge in [0.05, 0.1) is 12.3 Å². The Morgan fingerprint density at radius 2 is 2.00 bits per heavy atom. The molecule has 2 amide bonds. The lowest BCUT2D eigenvalue weighted by molar-refractivity contribution is -0.122. The third-order valence-electron chi connectivity index (χ3n) is 3.11. The highest BCUT2D eigenvalue weighted by atomic mass is 32.2. The van der Waals surface area contributed by atoms with E-state index in [9.17, 15) is 14.4 Å². The number of carbonyl (C=O) groups is 2. The minimum atomic E-state index is -0.314. The number of hydrogen-bond acceptors (Lipinski definition) is 5. The number of H-pyrrole nitrogens is 1. The van der Waals surface area contributed by atoms with Gasteiger partial charge in [-0.1, -0.05) is 36.9 Å². The lowest BCUT2D eigenvalue weighted by atomic mass is 10.1. The fourth-order valence-corrected chi connectivity index (χ4v) is 2.61. The average molecular weight is 346 g/mol. The number of anilines is 1. The standard InChI is InChI=1S/C16H18N4O3S/c1-2-11-5-3-4-6-12(11)19-14(22)9-18-15(23)10-24-16-17-8-7-13(21)20-16/h3-8H,2,9-10H2,1H3,(H,18,23)(H,19,22)(H,17,20,21). The van der Waals surface area contributed by atoms with Gasteiger partial charge in [-0.2, -0.15) is 0 Å². The van der Waals surface area contributed by atoms with Crippen LogP contribution in [0.1, 0.15) is 12.5 Å². The molecule has 0 unspecified atom stereocenters. The molecule has 0 saturated carbocycles. The average Bonchev–Trinajstić information content (AvgIpc) is 2.58. The monoisotopic (exact) mass is 346 g/mol. The van der Waals surface area contributed by atoms with E-state index in [-0.39, 0.29) is 29.7 Å². The van der Waals surface area contributed by atoms with Gasteiger partial charge in [0, 0.05) is 18.0 Å². The first kappa shape index (κ1) is 17.7. The topological polar surface area (TPSA) is 104 Å². The Kier molecular flexibility index (Phi) is 6.56. The quantitative estimate of drug-likeness (QED) is 0.516. The van der Waals surface area contributed by atoms with Gasteiger partial charge in [0.1, 0.15) is 0 Å². The molecule has 0 bridgehead atoms. The summed E-state index contributed by atoms with van der Waals surface area (Å²) < 4.78 is 0. The molecule has 24 heavy (non-hydrogen) atoms. The second-order valence-corrected chi connectivity index (χ2v) is 5.83. The van der Waals surface area contributed by atoms with Crippen LogP contribution in [0.3, 0.4) is 0 Å². The van der Waals surface area contributed by atoms with Crippen molar-refractivity contribution in [3.8, 4) is 0 Å². The first-order valence-corrected chi connectivity index (χ1v) is 8.39. The van der Waals surface area contributed by atoms with Crippen LogP contribution >= 0.6 is 11.8 Å². The third-order valence-corrected chi connectivity index (χ3v) is 3.99. The van der Waals surface area contributed by atoms with Crippen molar-refractivity contribution in [2.45, 2.75) is 18.5 Å². The number of carbonyl (C=O) groups excluding carboxylic acids is 2. The normalized spacial score (nSPS) is 10.2. The van der Waals surface area contributed by atoms with Gasteiger partial charge >= 0.3 is 0 Å². The van der Waals surface area contributed by atoms with Gasteiger partial charge in [-0.15, -0.1) is 0 Å². The molecule has 126 valence electrons. The zero-order valence-electron chi connectivity index (χ0n) is 13.2. The van der Waals surface area contributed by atoms with E-state index in [4.69, 9.17) is 0 Å². The smallest absolute Gasteiger partial charge is 0.251 e. The molecule has 0 radical (unpaired) electrons. The minimum absolute atomic E-state index is 0.0613. The number of amides is 2. The second-order valence-electron chi connectivity index (χ2n) is 4.86. The van der Waals surface area contributed by atoms with Gasteiger partial charge in [-0.05, 0) is 18.1 Å². The highest BCUT2D eigenvalue weighted by Crippen LogP contribution is 2.15. The summed E-state index contributed by atoms with van der Waals surface area (Å²) in [6.45, 7) is 1.89. The van der Waals surface area contributed by atoms with E-state index in [0.29, 0.717) is 5.16 Å². The van der Waals surface area contributed by atoms with Crippen LogP contribution in [0.5, 0.6) is 0 Å². The Labute approximate surface area is 143 Å². The Balaban J connectivity index is 1.77. The highest BCUT2D eigenvalue weighted by Gasteiger charge is 2.09. The molecule has 2 rings (SSSR count). The maximum atomic E-state index is 11.9. The van der Waals surface area contributed by atoms with Crippen molar-refractivity contribution in [2.24, 2.45) is 0 Å². The van der Waals surface area contributed by atoms with Gasteiger partial charge in [0.25, 0.3) is 5.56 Å². The molecule has 0 aliphatic carbocycles. The number of benzene rings is 1. The Bertz CT molecular complexity index is 776. The van der Waals surface area contributed by atoms with Gasteiger partial charge in [0.2, 0.25) is 11.8 Å². The van der Waals surface area contributed by atoms with E-state index in [2.05, 4.69) is 20.6 Å². The van der Waals surface area contributed by atoms with Crippen molar-refractivity contribution in [2.75, 3.05) is 17.6 Å². The van der Waals surface area contributed by atoms with Crippen LogP contribution in [0, 0.1) is 0 Å². The van der Waals surface area contributed by atoms with E-state index < -0.39 is 0 Å². The second kappa shape index (κ2) is 8.88. The number of rotatable bonds is 7. The predicted molar refractivity (Wildman–Crippen MR) is 93.0 cm³/mol. The first-order valence-electron chi connectivity index (χ1n) is 7.41. The number of para-hydroxylation sites is 1. The number of aromatic nitrogens is 2. The van der Waals surface area contributed by atoms with Crippen LogP contribution in [0.2, 0.25) is 0 Å². The number of aryl methyl sites for hydroxylation is 1. The molecule has 1 aromatic heterocycles. The number of nitrogens with zero attached hydrogens (tertiary/aromatic N) is 1. The van der Waals surface area contributed by atoms with Gasteiger partial charge in [0.15, 0.2) is 5.16 Å². The Hall–Kier alpha value is -2.61. The van der Waals surface area contributed by atoms with Crippen molar-refractivity contribution in [3.63, 3.8) is 0 Å². The van der Waals surface area contributed by atoms with E-state index in [1.807, 2.05) is 31.2 Å². The number of thioether (sulfide) groups is 1. The highest BCUT2D eigenvalue weighted by molar-refractivity contribution is 7.99. The molecular weight excluding hydrogens is 328 g/mol. The molecule has 0 aliphatic heterocycles. The van der Waals surface area contributed by atoms with E-state index >= 15 is 0 Å². The van der Waals surface area contributed by atoms with Crippen LogP contribution in [0.15, 0.2) is 46.5 Å². The molecule has 8 heteroatoms. The largest absolute Gasteiger partial charge is 0.346 e. The Morgan fingerprint density at radius 3 is 2.75 bits per heavy atom. The van der Waals surface area contributed by atoms with Crippen molar-refractivity contribution >= 4 is 29.3 Å². The SMILES string of the molecule is CCc1ccccc1NC(=O)CNC(=O)CSc1nccc(=O)[nH]1. The van der Waals surface area contributed by atoms with Crippen molar-refractivity contribution < 1.29 is 9.59 Å². The zero-order chi connectivity index (χ0) is 17.4. The van der Waals surface area contributed by atoms with Gasteiger partial charge in [-0.25, -0.2) is 4.98 Å². The molecule has 0 atom stereocenters. The molecule has 0 fully saturated rings. The summed E-state index contributed by atoms with van der Waals surface area (Å²) in [6.07, 6.45) is 2.18. The first-order chi connectivity index (χ1) is 11.6. The summed E-state index contributed by atoms with van der Waals surface area (Å²) in [6, 6.07) is 8.82. The molecule has 1 aromatic carbocycles. The summed E-state index contributed by atoms with van der Waals surface area (Å²) in [4.78, 5) is 41.2. The van der Waals surface area contributed by atoms with Gasteiger partial charge < -0.3 is 15.6 Å². The molecule has 3 N–H and O–H groups in total. The number of aromatic amines is 1. The Morgan fingerprint density at radius 1 is 1.21 bits per heavy atom. The van der Waals surface area contributed by atoms with Crippen LogP contribution in [0.25, 0.3) is 0 Å². The maximum Gasteiger partial charge on any atom is 0.251 e. The molecule has 0 saturated heterocycles. The number of nitrogens with one attached hydrogen (secondary N) is 3. The minimum Gasteiger partial charge on any atom is -0.346 e. The zero-order valence-corrected chi connectivity index (χ0v) is 14.0. The summed E-state index contributed by atoms with van der Waals surface area (Å²) in [5, 5.41) is 5.67. The summed E-state index contributed by atoms with van der Waals surface area (Å²) in [5.74, 6) is -0.544. The summed E-state index contributed by atoms with van der Waals surface area (Å²) in [5.41, 5.74) is 1.51.